The summed E-state index contributed by atoms with van der Waals surface area (Å²) in [6.45, 7) is 3.48. The molecule has 170 valence electrons. The highest BCUT2D eigenvalue weighted by molar-refractivity contribution is 5.94. The van der Waals surface area contributed by atoms with E-state index in [9.17, 15) is 18.4 Å². The van der Waals surface area contributed by atoms with E-state index in [1.165, 1.54) is 31.4 Å². The van der Waals surface area contributed by atoms with Crippen molar-refractivity contribution in [1.82, 2.24) is 14.7 Å². The Hall–Kier alpha value is -3.00. The molecule has 0 N–H and O–H groups in total. The Labute approximate surface area is 186 Å². The van der Waals surface area contributed by atoms with Gasteiger partial charge in [0.25, 0.3) is 5.91 Å². The monoisotopic (exact) mass is 443 g/mol. The highest BCUT2D eigenvalue weighted by atomic mass is 19.1. The molecule has 2 aliphatic heterocycles. The maximum absolute atomic E-state index is 14.0. The highest BCUT2D eigenvalue weighted by Crippen LogP contribution is 2.23. The van der Waals surface area contributed by atoms with Gasteiger partial charge in [0.2, 0.25) is 5.91 Å². The van der Waals surface area contributed by atoms with Crippen LogP contribution in [0.2, 0.25) is 0 Å². The van der Waals surface area contributed by atoms with Crippen LogP contribution in [0.1, 0.15) is 28.8 Å². The molecule has 1 unspecified atom stereocenters. The first-order valence-electron chi connectivity index (χ1n) is 10.9. The molecule has 32 heavy (non-hydrogen) atoms. The second-order valence-electron chi connectivity index (χ2n) is 8.22. The fourth-order valence-corrected chi connectivity index (χ4v) is 4.46. The molecule has 0 bridgehead atoms. The molecule has 8 heteroatoms. The second kappa shape index (κ2) is 9.65. The summed E-state index contributed by atoms with van der Waals surface area (Å²) in [4.78, 5) is 31.6. The Kier molecular flexibility index (Phi) is 6.69. The molecule has 2 aromatic carbocycles. The normalized spacial score (nSPS) is 19.8. The van der Waals surface area contributed by atoms with Gasteiger partial charge in [-0.25, -0.2) is 8.78 Å². The number of carbonyl (C=O) groups is 2. The summed E-state index contributed by atoms with van der Waals surface area (Å²) in [6, 6.07) is 10.2. The lowest BCUT2D eigenvalue weighted by atomic mass is 10.1. The third-order valence-electron chi connectivity index (χ3n) is 6.21. The third-order valence-corrected chi connectivity index (χ3v) is 6.21. The highest BCUT2D eigenvalue weighted by Gasteiger charge is 2.36. The van der Waals surface area contributed by atoms with E-state index in [1.54, 1.807) is 23.1 Å². The number of nitrogens with zero attached hydrogens (tertiary/aromatic N) is 3. The number of ether oxygens (including phenoxy) is 1. The van der Waals surface area contributed by atoms with E-state index in [4.69, 9.17) is 4.74 Å². The fraction of sp³-hybridized carbons (Fsp3) is 0.417. The lowest BCUT2D eigenvalue weighted by Crippen LogP contribution is -2.44. The molecule has 0 spiro atoms. The molecule has 2 saturated heterocycles. The van der Waals surface area contributed by atoms with Crippen molar-refractivity contribution in [3.05, 3.63) is 65.2 Å². The predicted molar refractivity (Wildman–Crippen MR) is 115 cm³/mol. The number of hydrogen-bond acceptors (Lipinski definition) is 4. The van der Waals surface area contributed by atoms with Gasteiger partial charge in [-0.2, -0.15) is 0 Å². The average Bonchev–Trinajstić information content (AvgIpc) is 2.99. The number of hydrogen-bond donors (Lipinski definition) is 0. The third kappa shape index (κ3) is 4.75. The first-order valence-corrected chi connectivity index (χ1v) is 10.9. The summed E-state index contributed by atoms with van der Waals surface area (Å²) in [5, 5.41) is 0. The van der Waals surface area contributed by atoms with Crippen LogP contribution in [0.4, 0.5) is 8.78 Å². The zero-order chi connectivity index (χ0) is 22.7. The van der Waals surface area contributed by atoms with Crippen molar-refractivity contribution >= 4 is 11.8 Å². The van der Waals surface area contributed by atoms with Crippen molar-refractivity contribution < 1.29 is 23.1 Å². The van der Waals surface area contributed by atoms with E-state index in [-0.39, 0.29) is 29.4 Å². The summed E-state index contributed by atoms with van der Waals surface area (Å²) >= 11 is 0. The molecule has 2 amide bonds. The van der Waals surface area contributed by atoms with Gasteiger partial charge < -0.3 is 14.5 Å². The van der Waals surface area contributed by atoms with Crippen molar-refractivity contribution in [2.45, 2.75) is 25.4 Å². The Bertz CT molecular complexity index is 983. The Morgan fingerprint density at radius 2 is 1.81 bits per heavy atom. The zero-order valence-electron chi connectivity index (χ0n) is 18.1. The quantitative estimate of drug-likeness (QED) is 0.713. The number of halogens is 2. The van der Waals surface area contributed by atoms with Gasteiger partial charge in [0.1, 0.15) is 5.82 Å². The Morgan fingerprint density at radius 3 is 2.53 bits per heavy atom. The lowest BCUT2D eigenvalue weighted by Gasteiger charge is -2.26. The minimum Gasteiger partial charge on any atom is -0.494 e. The molecule has 0 radical (unpaired) electrons. The van der Waals surface area contributed by atoms with Crippen LogP contribution in [0.15, 0.2) is 42.5 Å². The van der Waals surface area contributed by atoms with Crippen LogP contribution in [0.25, 0.3) is 0 Å². The standard InChI is InChI=1S/C24H27F2N3O3/c1-32-22-8-5-18(15-20(22)26)23(30)28-11-2-10-27(13-14-28)21-9-12-29(24(21)31)16-17-3-6-19(25)7-4-17/h3-8,15,21H,2,9-14,16H2,1H3. The number of likely N-dealkylation sites (tertiary alicyclic amines) is 1. The molecule has 0 saturated carbocycles. The van der Waals surface area contributed by atoms with Crippen molar-refractivity contribution in [3.8, 4) is 5.75 Å². The SMILES string of the molecule is COc1ccc(C(=O)N2CCCN(C3CCN(Cc4ccc(F)cc4)C3=O)CC2)cc1F. The Balaban J connectivity index is 1.36. The van der Waals surface area contributed by atoms with Crippen LogP contribution < -0.4 is 4.74 Å². The van der Waals surface area contributed by atoms with E-state index in [0.717, 1.165) is 24.9 Å². The van der Waals surface area contributed by atoms with Crippen molar-refractivity contribution in [2.24, 2.45) is 0 Å². The number of rotatable bonds is 5. The first-order chi connectivity index (χ1) is 15.5. The van der Waals surface area contributed by atoms with Gasteiger partial charge in [0.15, 0.2) is 11.6 Å². The minimum absolute atomic E-state index is 0.0753. The number of carbonyl (C=O) groups excluding carboxylic acids is 2. The molecule has 2 fully saturated rings. The van der Waals surface area contributed by atoms with Gasteiger partial charge >= 0.3 is 0 Å². The molecular weight excluding hydrogens is 416 g/mol. The van der Waals surface area contributed by atoms with Crippen LogP contribution >= 0.6 is 0 Å². The molecule has 0 aromatic heterocycles. The molecule has 2 aromatic rings. The number of benzene rings is 2. The van der Waals surface area contributed by atoms with E-state index in [1.807, 2.05) is 4.90 Å². The summed E-state index contributed by atoms with van der Waals surface area (Å²) in [7, 11) is 1.38. The smallest absolute Gasteiger partial charge is 0.254 e. The first kappa shape index (κ1) is 22.2. The minimum atomic E-state index is -0.562. The van der Waals surface area contributed by atoms with E-state index in [2.05, 4.69) is 4.90 Å². The van der Waals surface area contributed by atoms with Gasteiger partial charge in [-0.1, -0.05) is 12.1 Å². The number of amides is 2. The summed E-state index contributed by atoms with van der Waals surface area (Å²) < 4.78 is 32.1. The van der Waals surface area contributed by atoms with E-state index in [0.29, 0.717) is 38.3 Å². The molecule has 2 heterocycles. The maximum atomic E-state index is 14.0. The molecule has 2 aliphatic rings. The topological polar surface area (TPSA) is 53.1 Å². The second-order valence-corrected chi connectivity index (χ2v) is 8.22. The summed E-state index contributed by atoms with van der Waals surface area (Å²) in [5.41, 5.74) is 1.19. The zero-order valence-corrected chi connectivity index (χ0v) is 18.1. The maximum Gasteiger partial charge on any atom is 0.254 e. The van der Waals surface area contributed by atoms with Crippen LogP contribution in [0, 0.1) is 11.6 Å². The van der Waals surface area contributed by atoms with Gasteiger partial charge in [0, 0.05) is 44.8 Å². The predicted octanol–water partition coefficient (Wildman–Crippen LogP) is 2.92. The molecule has 1 atom stereocenters. The summed E-state index contributed by atoms with van der Waals surface area (Å²) in [6.07, 6.45) is 1.48. The average molecular weight is 443 g/mol. The van der Waals surface area contributed by atoms with Crippen LogP contribution in [-0.2, 0) is 11.3 Å². The van der Waals surface area contributed by atoms with Crippen LogP contribution in [-0.4, -0.2) is 72.4 Å². The Morgan fingerprint density at radius 1 is 1.03 bits per heavy atom. The van der Waals surface area contributed by atoms with Crippen molar-refractivity contribution in [2.75, 3.05) is 39.8 Å². The van der Waals surface area contributed by atoms with E-state index >= 15 is 0 Å². The van der Waals surface area contributed by atoms with Crippen molar-refractivity contribution in [1.29, 1.82) is 0 Å². The van der Waals surface area contributed by atoms with Gasteiger partial charge in [0.05, 0.1) is 13.2 Å². The van der Waals surface area contributed by atoms with Gasteiger partial charge in [-0.05, 0) is 48.7 Å². The van der Waals surface area contributed by atoms with E-state index < -0.39 is 5.82 Å². The number of methoxy groups -OCH3 is 1. The summed E-state index contributed by atoms with van der Waals surface area (Å²) in [5.74, 6) is -0.892. The largest absolute Gasteiger partial charge is 0.494 e. The molecule has 0 aliphatic carbocycles. The molecule has 6 nitrogen and oxygen atoms in total. The van der Waals surface area contributed by atoms with Crippen molar-refractivity contribution in [3.63, 3.8) is 0 Å². The molecule has 4 rings (SSSR count). The van der Waals surface area contributed by atoms with Crippen LogP contribution in [0.3, 0.4) is 0 Å². The van der Waals surface area contributed by atoms with Gasteiger partial charge in [-0.15, -0.1) is 0 Å². The fourth-order valence-electron chi connectivity index (χ4n) is 4.46. The molecular formula is C24H27F2N3O3. The van der Waals surface area contributed by atoms with Crippen LogP contribution in [0.5, 0.6) is 5.75 Å². The lowest BCUT2D eigenvalue weighted by molar-refractivity contribution is -0.132. The van der Waals surface area contributed by atoms with Gasteiger partial charge in [-0.3, -0.25) is 14.5 Å².